The standard InChI is InChI=1S/C21H26N6O2/c1-2-4-13-9-17-19(25-10-13)18(20(23)29-17)21(28)26-15-11-24-7-6-16(15)27-8-3-5-14(22)12-27/h6-7,9-11,14H,2-5,8,12,22-23H2,1H3,(H,26,28). The monoisotopic (exact) mass is 394 g/mol. The molecule has 4 heterocycles. The molecule has 1 atom stereocenters. The minimum atomic E-state index is -0.368. The van der Waals surface area contributed by atoms with Gasteiger partial charge in [0.25, 0.3) is 5.91 Å². The van der Waals surface area contributed by atoms with Gasteiger partial charge in [0.2, 0.25) is 5.88 Å². The molecule has 152 valence electrons. The Morgan fingerprint density at radius 3 is 3.07 bits per heavy atom. The van der Waals surface area contributed by atoms with Gasteiger partial charge in [-0.05, 0) is 37.0 Å². The molecule has 29 heavy (non-hydrogen) atoms. The molecule has 1 aliphatic rings. The number of nitrogens with one attached hydrogen (secondary N) is 1. The maximum atomic E-state index is 13.1. The third-order valence-electron chi connectivity index (χ3n) is 5.22. The van der Waals surface area contributed by atoms with E-state index in [4.69, 9.17) is 15.9 Å². The van der Waals surface area contributed by atoms with Crippen molar-refractivity contribution in [1.82, 2.24) is 9.97 Å². The maximum Gasteiger partial charge on any atom is 0.263 e. The minimum Gasteiger partial charge on any atom is -0.438 e. The topological polar surface area (TPSA) is 123 Å². The van der Waals surface area contributed by atoms with Crippen LogP contribution < -0.4 is 21.7 Å². The van der Waals surface area contributed by atoms with Gasteiger partial charge in [-0.15, -0.1) is 0 Å². The van der Waals surface area contributed by atoms with E-state index >= 15 is 0 Å². The molecular weight excluding hydrogens is 368 g/mol. The van der Waals surface area contributed by atoms with Crippen LogP contribution in [-0.4, -0.2) is 35.0 Å². The summed E-state index contributed by atoms with van der Waals surface area (Å²) >= 11 is 0. The fraction of sp³-hybridized carbons (Fsp3) is 0.381. The summed E-state index contributed by atoms with van der Waals surface area (Å²) < 4.78 is 5.62. The molecule has 1 fully saturated rings. The molecule has 3 aromatic heterocycles. The smallest absolute Gasteiger partial charge is 0.263 e. The zero-order valence-electron chi connectivity index (χ0n) is 16.5. The number of fused-ring (bicyclic) bond motifs is 1. The van der Waals surface area contributed by atoms with Crippen LogP contribution in [0.25, 0.3) is 11.1 Å². The first-order valence-electron chi connectivity index (χ1n) is 9.99. The number of pyridine rings is 2. The predicted octanol–water partition coefficient (Wildman–Crippen LogP) is 2.94. The average molecular weight is 394 g/mol. The summed E-state index contributed by atoms with van der Waals surface area (Å²) in [5, 5.41) is 2.93. The lowest BCUT2D eigenvalue weighted by atomic mass is 10.1. The number of rotatable bonds is 5. The first kappa shape index (κ1) is 19.2. The molecule has 3 aromatic rings. The Morgan fingerprint density at radius 1 is 1.41 bits per heavy atom. The highest BCUT2D eigenvalue weighted by atomic mass is 16.3. The summed E-state index contributed by atoms with van der Waals surface area (Å²) in [5.74, 6) is -0.309. The van der Waals surface area contributed by atoms with Gasteiger partial charge in [-0.25, -0.2) is 0 Å². The molecule has 0 radical (unpaired) electrons. The molecule has 0 spiro atoms. The van der Waals surface area contributed by atoms with E-state index in [2.05, 4.69) is 27.1 Å². The van der Waals surface area contributed by atoms with E-state index in [-0.39, 0.29) is 23.4 Å². The fourth-order valence-electron chi connectivity index (χ4n) is 3.85. The molecule has 1 saturated heterocycles. The van der Waals surface area contributed by atoms with Crippen LogP contribution in [0.3, 0.4) is 0 Å². The Balaban J connectivity index is 1.63. The number of furan rings is 1. The summed E-state index contributed by atoms with van der Waals surface area (Å²) in [5.41, 5.74) is 15.9. The zero-order valence-corrected chi connectivity index (χ0v) is 16.5. The van der Waals surface area contributed by atoms with E-state index in [0.717, 1.165) is 50.0 Å². The molecule has 4 rings (SSSR count). The number of hydrogen-bond acceptors (Lipinski definition) is 7. The van der Waals surface area contributed by atoms with Crippen molar-refractivity contribution in [2.45, 2.75) is 38.6 Å². The molecule has 0 bridgehead atoms. The number of aryl methyl sites for hydroxylation is 1. The van der Waals surface area contributed by atoms with Gasteiger partial charge >= 0.3 is 0 Å². The van der Waals surface area contributed by atoms with Crippen LogP contribution in [0.15, 0.2) is 35.1 Å². The highest BCUT2D eigenvalue weighted by molar-refractivity contribution is 6.15. The van der Waals surface area contributed by atoms with Crippen LogP contribution >= 0.6 is 0 Å². The number of nitrogens with two attached hydrogens (primary N) is 2. The molecule has 8 nitrogen and oxygen atoms in total. The Kier molecular flexibility index (Phi) is 5.35. The van der Waals surface area contributed by atoms with Crippen molar-refractivity contribution in [3.8, 4) is 0 Å². The molecular formula is C21H26N6O2. The molecule has 1 aliphatic heterocycles. The predicted molar refractivity (Wildman–Crippen MR) is 114 cm³/mol. The molecule has 0 aromatic carbocycles. The number of carbonyl (C=O) groups excluding carboxylic acids is 1. The second-order valence-corrected chi connectivity index (χ2v) is 7.48. The van der Waals surface area contributed by atoms with Gasteiger partial charge in [0, 0.05) is 31.5 Å². The van der Waals surface area contributed by atoms with Crippen LogP contribution in [0.4, 0.5) is 17.3 Å². The number of aromatic nitrogens is 2. The van der Waals surface area contributed by atoms with E-state index in [1.807, 2.05) is 12.1 Å². The summed E-state index contributed by atoms with van der Waals surface area (Å²) in [6, 6.07) is 3.90. The Bertz CT molecular complexity index is 1030. The van der Waals surface area contributed by atoms with E-state index in [1.54, 1.807) is 18.6 Å². The Hall–Kier alpha value is -3.13. The summed E-state index contributed by atoms with van der Waals surface area (Å²) in [4.78, 5) is 23.8. The minimum absolute atomic E-state index is 0.0593. The van der Waals surface area contributed by atoms with Crippen molar-refractivity contribution >= 4 is 34.3 Å². The highest BCUT2D eigenvalue weighted by Gasteiger charge is 2.24. The third kappa shape index (κ3) is 3.88. The van der Waals surface area contributed by atoms with E-state index in [1.165, 1.54) is 0 Å². The molecule has 0 saturated carbocycles. The second-order valence-electron chi connectivity index (χ2n) is 7.48. The zero-order chi connectivity index (χ0) is 20.4. The number of nitrogen functional groups attached to an aromatic ring is 1. The summed E-state index contributed by atoms with van der Waals surface area (Å²) in [6.45, 7) is 3.73. The Labute approximate surface area is 169 Å². The second kappa shape index (κ2) is 8.08. The lowest BCUT2D eigenvalue weighted by Gasteiger charge is -2.33. The summed E-state index contributed by atoms with van der Waals surface area (Å²) in [7, 11) is 0. The van der Waals surface area contributed by atoms with Crippen molar-refractivity contribution in [2.24, 2.45) is 5.73 Å². The third-order valence-corrected chi connectivity index (χ3v) is 5.22. The van der Waals surface area contributed by atoms with Crippen molar-refractivity contribution in [2.75, 3.05) is 29.0 Å². The van der Waals surface area contributed by atoms with Gasteiger partial charge in [-0.1, -0.05) is 13.3 Å². The average Bonchev–Trinajstić information content (AvgIpc) is 3.03. The van der Waals surface area contributed by atoms with Gasteiger partial charge < -0.3 is 26.1 Å². The van der Waals surface area contributed by atoms with E-state index in [9.17, 15) is 4.79 Å². The summed E-state index contributed by atoms with van der Waals surface area (Å²) in [6.07, 6.45) is 9.03. The maximum absolute atomic E-state index is 13.1. The Morgan fingerprint density at radius 2 is 2.28 bits per heavy atom. The van der Waals surface area contributed by atoms with Crippen LogP contribution in [0, 0.1) is 0 Å². The van der Waals surface area contributed by atoms with Crippen molar-refractivity contribution in [1.29, 1.82) is 0 Å². The SMILES string of the molecule is CCCc1cnc2c(C(=O)Nc3cnccc3N3CCCC(N)C3)c(N)oc2c1. The lowest BCUT2D eigenvalue weighted by Crippen LogP contribution is -2.43. The van der Waals surface area contributed by atoms with E-state index < -0.39 is 0 Å². The van der Waals surface area contributed by atoms with Crippen LogP contribution in [0.2, 0.25) is 0 Å². The van der Waals surface area contributed by atoms with Crippen LogP contribution in [-0.2, 0) is 6.42 Å². The van der Waals surface area contributed by atoms with Crippen molar-refractivity contribution < 1.29 is 9.21 Å². The number of carbonyl (C=O) groups is 1. The normalized spacial score (nSPS) is 16.9. The van der Waals surface area contributed by atoms with Gasteiger partial charge in [0.05, 0.1) is 17.6 Å². The van der Waals surface area contributed by atoms with Crippen molar-refractivity contribution in [3.63, 3.8) is 0 Å². The van der Waals surface area contributed by atoms with Gasteiger partial charge in [-0.2, -0.15) is 0 Å². The largest absolute Gasteiger partial charge is 0.438 e. The first-order valence-corrected chi connectivity index (χ1v) is 9.99. The number of amides is 1. The number of hydrogen-bond donors (Lipinski definition) is 3. The molecule has 8 heteroatoms. The number of anilines is 3. The number of nitrogens with zero attached hydrogens (tertiary/aromatic N) is 3. The molecule has 1 unspecified atom stereocenters. The van der Waals surface area contributed by atoms with E-state index in [0.29, 0.717) is 16.8 Å². The molecule has 5 N–H and O–H groups in total. The van der Waals surface area contributed by atoms with Gasteiger partial charge in [0.1, 0.15) is 11.1 Å². The van der Waals surface area contributed by atoms with Gasteiger partial charge in [-0.3, -0.25) is 14.8 Å². The van der Waals surface area contributed by atoms with Gasteiger partial charge in [0.15, 0.2) is 5.58 Å². The fourth-order valence-corrected chi connectivity index (χ4v) is 3.85. The molecule has 0 aliphatic carbocycles. The quantitative estimate of drug-likeness (QED) is 0.608. The van der Waals surface area contributed by atoms with Crippen molar-refractivity contribution in [3.05, 3.63) is 41.9 Å². The highest BCUT2D eigenvalue weighted by Crippen LogP contribution is 2.31. The number of piperidine rings is 1. The molecule has 1 amide bonds. The lowest BCUT2D eigenvalue weighted by molar-refractivity contribution is 0.102. The van der Waals surface area contributed by atoms with Crippen LogP contribution in [0.5, 0.6) is 0 Å². The first-order chi connectivity index (χ1) is 14.1. The van der Waals surface area contributed by atoms with Crippen LogP contribution in [0.1, 0.15) is 42.1 Å².